The lowest BCUT2D eigenvalue weighted by molar-refractivity contribution is -0.259. The van der Waals surface area contributed by atoms with E-state index in [1.54, 1.807) is 0 Å². The molecule has 5 nitrogen and oxygen atoms in total. The summed E-state index contributed by atoms with van der Waals surface area (Å²) >= 11 is 0. The van der Waals surface area contributed by atoms with Crippen LogP contribution in [0.4, 0.5) is 0 Å². The zero-order chi connectivity index (χ0) is 19.8. The Balaban J connectivity index is 1.83. The summed E-state index contributed by atoms with van der Waals surface area (Å²) < 4.78 is 5.87. The highest BCUT2D eigenvalue weighted by Crippen LogP contribution is 2.71. The molecule has 0 aromatic carbocycles. The van der Waals surface area contributed by atoms with Crippen LogP contribution in [0.3, 0.4) is 0 Å². The molecule has 0 aliphatic heterocycles. The van der Waals surface area contributed by atoms with Crippen LogP contribution in [0.25, 0.3) is 0 Å². The van der Waals surface area contributed by atoms with Crippen LogP contribution in [0.15, 0.2) is 12.2 Å². The number of carbonyl (C=O) groups excluding carboxylic acids is 1. The highest BCUT2D eigenvalue weighted by atomic mass is 16.5. The monoisotopic (exact) mass is 378 g/mol. The Morgan fingerprint density at radius 3 is 2.56 bits per heavy atom. The molecule has 0 saturated heterocycles. The third kappa shape index (κ3) is 2.44. The van der Waals surface area contributed by atoms with Gasteiger partial charge in [0, 0.05) is 18.8 Å². The predicted octanol–water partition coefficient (Wildman–Crippen LogP) is 2.43. The number of esters is 1. The third-order valence-electron chi connectivity index (χ3n) is 8.89. The first-order valence-corrected chi connectivity index (χ1v) is 10.4. The number of carbonyl (C=O) groups is 1. The lowest BCUT2D eigenvalue weighted by Gasteiger charge is -2.70. The normalized spacial score (nSPS) is 52.8. The second-order valence-corrected chi connectivity index (χ2v) is 10.6. The van der Waals surface area contributed by atoms with Crippen molar-refractivity contribution in [3.8, 4) is 0 Å². The molecule has 3 saturated carbocycles. The van der Waals surface area contributed by atoms with E-state index in [2.05, 4.69) is 26.8 Å². The van der Waals surface area contributed by atoms with Gasteiger partial charge in [0.15, 0.2) is 0 Å². The molecule has 3 N–H and O–H groups in total. The van der Waals surface area contributed by atoms with E-state index in [0.717, 1.165) is 25.7 Å². The van der Waals surface area contributed by atoms with Gasteiger partial charge in [0.2, 0.25) is 0 Å². The van der Waals surface area contributed by atoms with Crippen LogP contribution >= 0.6 is 0 Å². The van der Waals surface area contributed by atoms with Crippen LogP contribution in [0.2, 0.25) is 0 Å². The molecule has 5 rings (SSSR count). The van der Waals surface area contributed by atoms with E-state index >= 15 is 0 Å². The van der Waals surface area contributed by atoms with Gasteiger partial charge in [-0.25, -0.2) is 0 Å². The molecule has 0 radical (unpaired) electrons. The molecule has 2 bridgehead atoms. The number of rotatable bonds is 2. The average Bonchev–Trinajstić information content (AvgIpc) is 2.57. The number of aliphatic hydroxyl groups is 3. The van der Waals surface area contributed by atoms with Crippen molar-refractivity contribution in [1.82, 2.24) is 0 Å². The molecule has 0 aromatic heterocycles. The number of fused-ring (bicyclic) bond motifs is 2. The quantitative estimate of drug-likeness (QED) is 0.507. The second-order valence-electron chi connectivity index (χ2n) is 10.6. The zero-order valence-corrected chi connectivity index (χ0v) is 16.9. The van der Waals surface area contributed by atoms with Crippen molar-refractivity contribution < 1.29 is 24.9 Å². The molecule has 152 valence electrons. The first-order valence-electron chi connectivity index (χ1n) is 10.4. The van der Waals surface area contributed by atoms with Gasteiger partial charge in [-0.1, -0.05) is 32.9 Å². The Hall–Kier alpha value is -0.910. The Morgan fingerprint density at radius 2 is 1.93 bits per heavy atom. The van der Waals surface area contributed by atoms with E-state index in [0.29, 0.717) is 12.3 Å². The molecule has 5 unspecified atom stereocenters. The van der Waals surface area contributed by atoms with Gasteiger partial charge in [-0.15, -0.1) is 0 Å². The van der Waals surface area contributed by atoms with E-state index in [1.807, 2.05) is 6.08 Å². The minimum atomic E-state index is -1.24. The molecular weight excluding hydrogens is 344 g/mol. The molecule has 8 atom stereocenters. The van der Waals surface area contributed by atoms with Gasteiger partial charge in [-0.05, 0) is 54.3 Å². The predicted molar refractivity (Wildman–Crippen MR) is 101 cm³/mol. The maximum Gasteiger partial charge on any atom is 0.302 e. The fourth-order valence-electron chi connectivity index (χ4n) is 7.80. The molecule has 5 heteroatoms. The summed E-state index contributed by atoms with van der Waals surface area (Å²) in [5.41, 5.74) is -1.78. The van der Waals surface area contributed by atoms with Crippen molar-refractivity contribution in [3.63, 3.8) is 0 Å². The lowest BCUT2D eigenvalue weighted by Crippen LogP contribution is -2.70. The molecule has 0 aromatic rings. The van der Waals surface area contributed by atoms with Crippen molar-refractivity contribution in [2.45, 2.75) is 77.6 Å². The van der Waals surface area contributed by atoms with Gasteiger partial charge in [0.25, 0.3) is 0 Å². The lowest BCUT2D eigenvalue weighted by atomic mass is 9.36. The van der Waals surface area contributed by atoms with Crippen LogP contribution in [0, 0.1) is 34.0 Å². The van der Waals surface area contributed by atoms with Crippen LogP contribution in [0.1, 0.15) is 59.8 Å². The fourth-order valence-corrected chi connectivity index (χ4v) is 7.80. The van der Waals surface area contributed by atoms with Crippen molar-refractivity contribution >= 4 is 5.97 Å². The van der Waals surface area contributed by atoms with E-state index in [9.17, 15) is 20.1 Å². The Labute approximate surface area is 161 Å². The van der Waals surface area contributed by atoms with E-state index in [-0.39, 0.29) is 46.8 Å². The number of hydrogen-bond acceptors (Lipinski definition) is 5. The smallest absolute Gasteiger partial charge is 0.302 e. The summed E-state index contributed by atoms with van der Waals surface area (Å²) in [7, 11) is 0. The average molecular weight is 379 g/mol. The highest BCUT2D eigenvalue weighted by molar-refractivity contribution is 5.66. The van der Waals surface area contributed by atoms with Crippen LogP contribution in [-0.2, 0) is 9.53 Å². The first-order chi connectivity index (χ1) is 12.5. The van der Waals surface area contributed by atoms with Crippen LogP contribution in [-0.4, -0.2) is 45.7 Å². The molecule has 5 aliphatic rings. The number of ether oxygens (including phenoxy) is 1. The fraction of sp³-hybridized carbons (Fsp3) is 0.864. The van der Waals surface area contributed by atoms with Crippen molar-refractivity contribution in [2.75, 3.05) is 6.61 Å². The van der Waals surface area contributed by atoms with Gasteiger partial charge in [0.1, 0.15) is 6.10 Å². The Morgan fingerprint density at radius 1 is 1.22 bits per heavy atom. The minimum Gasteiger partial charge on any atom is -0.461 e. The van der Waals surface area contributed by atoms with Crippen molar-refractivity contribution in [1.29, 1.82) is 0 Å². The van der Waals surface area contributed by atoms with Crippen molar-refractivity contribution in [2.24, 2.45) is 34.0 Å². The minimum absolute atomic E-state index is 0.0824. The standard InChI is InChI=1S/C22H34O5/c1-13(24)27-17-14-5-9-21(11-22(14,26)12-23)10-6-15-19(2,3)16(25)7-8-20(15,4)18(17)21/h5,9,14-18,23,25-26H,6-8,10-12H2,1-4H3/t14?,15?,16-,17?,18?,20-,21?,22-/m1/s1. The third-order valence-corrected chi connectivity index (χ3v) is 8.89. The van der Waals surface area contributed by atoms with Gasteiger partial charge in [-0.3, -0.25) is 4.79 Å². The topological polar surface area (TPSA) is 87.0 Å². The van der Waals surface area contributed by atoms with Gasteiger partial charge < -0.3 is 20.1 Å². The van der Waals surface area contributed by atoms with Gasteiger partial charge >= 0.3 is 5.97 Å². The molecule has 1 spiro atoms. The number of hydrogen-bond donors (Lipinski definition) is 3. The molecule has 5 aliphatic carbocycles. The number of allylic oxidation sites excluding steroid dienone is 1. The summed E-state index contributed by atoms with van der Waals surface area (Å²) in [6.07, 6.45) is 7.49. The second kappa shape index (κ2) is 5.80. The Kier molecular flexibility index (Phi) is 4.17. The van der Waals surface area contributed by atoms with Gasteiger partial charge in [-0.2, -0.15) is 0 Å². The highest BCUT2D eigenvalue weighted by Gasteiger charge is 2.70. The van der Waals surface area contributed by atoms with Crippen molar-refractivity contribution in [3.05, 3.63) is 12.2 Å². The summed E-state index contributed by atoms with van der Waals surface area (Å²) in [6.45, 7) is 7.74. The zero-order valence-electron chi connectivity index (χ0n) is 16.9. The van der Waals surface area contributed by atoms with Crippen LogP contribution < -0.4 is 0 Å². The van der Waals surface area contributed by atoms with Gasteiger partial charge in [0.05, 0.1) is 18.3 Å². The first kappa shape index (κ1) is 19.4. The summed E-state index contributed by atoms with van der Waals surface area (Å²) in [5.74, 6) is -0.292. The molecule has 3 fully saturated rings. The maximum absolute atomic E-state index is 12.0. The maximum atomic E-state index is 12.0. The Bertz CT molecular complexity index is 672. The summed E-state index contributed by atoms with van der Waals surface area (Å²) in [4.78, 5) is 12.0. The van der Waals surface area contributed by atoms with E-state index < -0.39 is 11.7 Å². The molecular formula is C22H34O5. The number of aliphatic hydroxyl groups excluding tert-OH is 2. The SMILES string of the molecule is CC(=O)OC1C2C=CC3(CCC4C(C)(C)[C@H](O)CC[C@@]4(C)C13)C[C@@]2(O)CO. The summed E-state index contributed by atoms with van der Waals surface area (Å²) in [5, 5.41) is 31.8. The van der Waals surface area contributed by atoms with Crippen LogP contribution in [0.5, 0.6) is 0 Å². The molecule has 0 amide bonds. The molecule has 27 heavy (non-hydrogen) atoms. The van der Waals surface area contributed by atoms with E-state index in [4.69, 9.17) is 4.74 Å². The van der Waals surface area contributed by atoms with E-state index in [1.165, 1.54) is 6.92 Å². The largest absolute Gasteiger partial charge is 0.461 e. The molecule has 0 heterocycles. The summed E-state index contributed by atoms with van der Waals surface area (Å²) in [6, 6.07) is 0.